The van der Waals surface area contributed by atoms with E-state index in [2.05, 4.69) is 15.9 Å². The number of halogens is 1. The zero-order chi connectivity index (χ0) is 14.9. The zero-order valence-corrected chi connectivity index (χ0v) is 13.7. The number of hydrogen-bond acceptors (Lipinski definition) is 2. The molecule has 0 atom stereocenters. The molecular weight excluding hydrogens is 316 g/mol. The Labute approximate surface area is 127 Å². The van der Waals surface area contributed by atoms with Crippen molar-refractivity contribution in [2.45, 2.75) is 20.8 Å². The minimum Gasteiger partial charge on any atom is -0.496 e. The molecule has 0 aliphatic rings. The summed E-state index contributed by atoms with van der Waals surface area (Å²) in [4.78, 5) is 12.6. The van der Waals surface area contributed by atoms with Gasteiger partial charge in [-0.1, -0.05) is 15.9 Å². The molecule has 0 aliphatic heterocycles. The van der Waals surface area contributed by atoms with Crippen LogP contribution in [0.2, 0.25) is 0 Å². The average molecular weight is 333 g/mol. The maximum Gasteiger partial charge on any atom is 0.193 e. The number of rotatable bonds is 3. The number of carbonyl (C=O) groups excluding carboxylic acids is 1. The molecule has 20 heavy (non-hydrogen) atoms. The lowest BCUT2D eigenvalue weighted by Crippen LogP contribution is -2.05. The van der Waals surface area contributed by atoms with E-state index in [1.54, 1.807) is 7.11 Å². The van der Waals surface area contributed by atoms with E-state index >= 15 is 0 Å². The Kier molecular flexibility index (Phi) is 4.29. The van der Waals surface area contributed by atoms with Crippen LogP contribution in [0, 0.1) is 20.8 Å². The van der Waals surface area contributed by atoms with Crippen molar-refractivity contribution in [3.8, 4) is 5.75 Å². The van der Waals surface area contributed by atoms with Gasteiger partial charge in [0.2, 0.25) is 0 Å². The van der Waals surface area contributed by atoms with Crippen molar-refractivity contribution in [3.63, 3.8) is 0 Å². The zero-order valence-electron chi connectivity index (χ0n) is 12.1. The second-order valence-corrected chi connectivity index (χ2v) is 5.78. The van der Waals surface area contributed by atoms with Gasteiger partial charge in [0.15, 0.2) is 5.78 Å². The van der Waals surface area contributed by atoms with Crippen molar-refractivity contribution >= 4 is 21.7 Å². The van der Waals surface area contributed by atoms with Gasteiger partial charge in [-0.05, 0) is 67.8 Å². The van der Waals surface area contributed by atoms with Crippen LogP contribution in [0.4, 0.5) is 0 Å². The van der Waals surface area contributed by atoms with E-state index in [1.807, 2.05) is 51.1 Å². The summed E-state index contributed by atoms with van der Waals surface area (Å²) in [5, 5.41) is 0. The fraction of sp³-hybridized carbons (Fsp3) is 0.235. The number of ether oxygens (including phenoxy) is 1. The van der Waals surface area contributed by atoms with Crippen molar-refractivity contribution in [2.24, 2.45) is 0 Å². The Morgan fingerprint density at radius 3 is 2.30 bits per heavy atom. The molecule has 2 aromatic carbocycles. The summed E-state index contributed by atoms with van der Waals surface area (Å²) < 4.78 is 6.29. The number of aryl methyl sites for hydroxylation is 3. The van der Waals surface area contributed by atoms with Gasteiger partial charge in [0.1, 0.15) is 5.75 Å². The van der Waals surface area contributed by atoms with Crippen LogP contribution in [-0.2, 0) is 0 Å². The number of ketones is 1. The van der Waals surface area contributed by atoms with Crippen LogP contribution in [0.3, 0.4) is 0 Å². The molecule has 0 amide bonds. The van der Waals surface area contributed by atoms with E-state index in [9.17, 15) is 4.79 Å². The van der Waals surface area contributed by atoms with Crippen molar-refractivity contribution in [1.29, 1.82) is 0 Å². The number of methoxy groups -OCH3 is 1. The first-order chi connectivity index (χ1) is 9.43. The summed E-state index contributed by atoms with van der Waals surface area (Å²) in [6, 6.07) is 9.47. The first-order valence-electron chi connectivity index (χ1n) is 6.40. The van der Waals surface area contributed by atoms with E-state index < -0.39 is 0 Å². The van der Waals surface area contributed by atoms with Gasteiger partial charge in [-0.25, -0.2) is 0 Å². The standard InChI is InChI=1S/C17H17BrO2/c1-10-9-16(20-4)12(3)8-14(10)17(19)13-5-6-15(18)11(2)7-13/h5-9H,1-4H3. The fourth-order valence-corrected chi connectivity index (χ4v) is 2.44. The van der Waals surface area contributed by atoms with Gasteiger partial charge in [-0.2, -0.15) is 0 Å². The van der Waals surface area contributed by atoms with E-state index in [1.165, 1.54) is 0 Å². The largest absolute Gasteiger partial charge is 0.496 e. The molecule has 104 valence electrons. The van der Waals surface area contributed by atoms with Crippen molar-refractivity contribution in [3.05, 3.63) is 62.6 Å². The van der Waals surface area contributed by atoms with Gasteiger partial charge in [-0.15, -0.1) is 0 Å². The molecule has 0 spiro atoms. The summed E-state index contributed by atoms with van der Waals surface area (Å²) in [5.74, 6) is 0.856. The highest BCUT2D eigenvalue weighted by Gasteiger charge is 2.14. The third-order valence-electron chi connectivity index (χ3n) is 3.41. The second kappa shape index (κ2) is 5.80. The van der Waals surface area contributed by atoms with Crippen molar-refractivity contribution in [2.75, 3.05) is 7.11 Å². The predicted molar refractivity (Wildman–Crippen MR) is 84.8 cm³/mol. The SMILES string of the molecule is COc1cc(C)c(C(=O)c2ccc(Br)c(C)c2)cc1C. The third-order valence-corrected chi connectivity index (χ3v) is 4.30. The normalized spacial score (nSPS) is 10.4. The third kappa shape index (κ3) is 2.78. The van der Waals surface area contributed by atoms with Crippen LogP contribution < -0.4 is 4.74 Å². The molecule has 0 saturated carbocycles. The number of hydrogen-bond donors (Lipinski definition) is 0. The second-order valence-electron chi connectivity index (χ2n) is 4.93. The van der Waals surface area contributed by atoms with Gasteiger partial charge in [0.05, 0.1) is 7.11 Å². The maximum atomic E-state index is 12.6. The molecule has 3 heteroatoms. The van der Waals surface area contributed by atoms with Crippen LogP contribution in [0.5, 0.6) is 5.75 Å². The predicted octanol–water partition coefficient (Wildman–Crippen LogP) is 4.61. The monoisotopic (exact) mass is 332 g/mol. The van der Waals surface area contributed by atoms with E-state index in [0.29, 0.717) is 5.56 Å². The Morgan fingerprint density at radius 2 is 1.70 bits per heavy atom. The molecule has 0 fully saturated rings. The quantitative estimate of drug-likeness (QED) is 0.767. The Morgan fingerprint density at radius 1 is 1.00 bits per heavy atom. The highest BCUT2D eigenvalue weighted by Crippen LogP contribution is 2.25. The smallest absolute Gasteiger partial charge is 0.193 e. The Bertz CT molecular complexity index is 675. The van der Waals surface area contributed by atoms with Crippen molar-refractivity contribution < 1.29 is 9.53 Å². The van der Waals surface area contributed by atoms with Crippen LogP contribution >= 0.6 is 15.9 Å². The fourth-order valence-electron chi connectivity index (χ4n) is 2.20. The summed E-state index contributed by atoms with van der Waals surface area (Å²) in [6.07, 6.45) is 0. The molecule has 0 unspecified atom stereocenters. The summed E-state index contributed by atoms with van der Waals surface area (Å²) in [5.41, 5.74) is 4.38. The topological polar surface area (TPSA) is 26.3 Å². The van der Waals surface area contributed by atoms with Crippen LogP contribution in [0.25, 0.3) is 0 Å². The van der Waals surface area contributed by atoms with E-state index in [0.717, 1.165) is 32.5 Å². The van der Waals surface area contributed by atoms with E-state index in [-0.39, 0.29) is 5.78 Å². The van der Waals surface area contributed by atoms with Crippen LogP contribution in [0.15, 0.2) is 34.8 Å². The molecule has 0 bridgehead atoms. The first kappa shape index (κ1) is 14.8. The molecule has 0 saturated heterocycles. The first-order valence-corrected chi connectivity index (χ1v) is 7.19. The molecule has 2 aromatic rings. The number of benzene rings is 2. The summed E-state index contributed by atoms with van der Waals surface area (Å²) in [6.45, 7) is 5.86. The highest BCUT2D eigenvalue weighted by atomic mass is 79.9. The Hall–Kier alpha value is -1.61. The minimum atomic E-state index is 0.0452. The molecule has 2 rings (SSSR count). The lowest BCUT2D eigenvalue weighted by atomic mass is 9.96. The van der Waals surface area contributed by atoms with Crippen molar-refractivity contribution in [1.82, 2.24) is 0 Å². The molecular formula is C17H17BrO2. The molecule has 0 aliphatic carbocycles. The molecule has 0 heterocycles. The van der Waals surface area contributed by atoms with Gasteiger partial charge in [-0.3, -0.25) is 4.79 Å². The number of carbonyl (C=O) groups is 1. The molecule has 0 N–H and O–H groups in total. The maximum absolute atomic E-state index is 12.6. The van der Waals surface area contributed by atoms with Gasteiger partial charge in [0, 0.05) is 15.6 Å². The van der Waals surface area contributed by atoms with Gasteiger partial charge in [0.25, 0.3) is 0 Å². The van der Waals surface area contributed by atoms with Crippen LogP contribution in [-0.4, -0.2) is 12.9 Å². The molecule has 0 aromatic heterocycles. The molecule has 0 radical (unpaired) electrons. The highest BCUT2D eigenvalue weighted by molar-refractivity contribution is 9.10. The molecule has 2 nitrogen and oxygen atoms in total. The lowest BCUT2D eigenvalue weighted by molar-refractivity contribution is 0.103. The van der Waals surface area contributed by atoms with E-state index in [4.69, 9.17) is 4.74 Å². The minimum absolute atomic E-state index is 0.0452. The average Bonchev–Trinajstić information content (AvgIpc) is 2.43. The summed E-state index contributed by atoms with van der Waals surface area (Å²) >= 11 is 3.45. The lowest BCUT2D eigenvalue weighted by Gasteiger charge is -2.11. The van der Waals surface area contributed by atoms with Crippen LogP contribution in [0.1, 0.15) is 32.6 Å². The summed E-state index contributed by atoms with van der Waals surface area (Å²) in [7, 11) is 1.64. The van der Waals surface area contributed by atoms with Gasteiger partial charge >= 0.3 is 0 Å². The Balaban J connectivity index is 2.48. The van der Waals surface area contributed by atoms with Gasteiger partial charge < -0.3 is 4.74 Å².